The van der Waals surface area contributed by atoms with Crippen molar-refractivity contribution in [2.24, 2.45) is 7.05 Å². The number of likely N-dealkylation sites (N-methyl/N-ethyl adjacent to an activating group) is 1. The molecule has 1 aromatic rings. The quantitative estimate of drug-likeness (QED) is 0.780. The maximum Gasteiger partial charge on any atom is 0.0597 e. The largest absolute Gasteiger partial charge is 0.310 e. The minimum atomic E-state index is 0.825. The summed E-state index contributed by atoms with van der Waals surface area (Å²) in [5.74, 6) is 0. The average molecular weight is 250 g/mol. The summed E-state index contributed by atoms with van der Waals surface area (Å²) in [5.41, 5.74) is 2.35. The molecule has 1 aromatic heterocycles. The second-order valence-electron chi connectivity index (χ2n) is 5.50. The van der Waals surface area contributed by atoms with Crippen LogP contribution in [-0.4, -0.2) is 40.9 Å². The van der Waals surface area contributed by atoms with Gasteiger partial charge in [-0.05, 0) is 32.9 Å². The highest BCUT2D eigenvalue weighted by molar-refractivity contribution is 5.08. The van der Waals surface area contributed by atoms with Gasteiger partial charge in [-0.25, -0.2) is 0 Å². The monoisotopic (exact) mass is 250 g/mol. The van der Waals surface area contributed by atoms with E-state index in [0.29, 0.717) is 0 Å². The van der Waals surface area contributed by atoms with Crippen molar-refractivity contribution in [1.29, 1.82) is 0 Å². The Labute approximate surface area is 110 Å². The van der Waals surface area contributed by atoms with E-state index in [-0.39, 0.29) is 0 Å². The molecule has 4 heteroatoms. The van der Waals surface area contributed by atoms with Crippen LogP contribution in [0.3, 0.4) is 0 Å². The Balaban J connectivity index is 1.65. The molecule has 0 aliphatic heterocycles. The minimum absolute atomic E-state index is 0.825. The van der Waals surface area contributed by atoms with Gasteiger partial charge in [0.15, 0.2) is 0 Å². The normalized spacial score (nSPS) is 16.9. The predicted octanol–water partition coefficient (Wildman–Crippen LogP) is 1.69. The smallest absolute Gasteiger partial charge is 0.0597 e. The van der Waals surface area contributed by atoms with E-state index in [9.17, 15) is 0 Å². The van der Waals surface area contributed by atoms with Crippen molar-refractivity contribution in [1.82, 2.24) is 20.0 Å². The summed E-state index contributed by atoms with van der Waals surface area (Å²) in [4.78, 5) is 2.51. The first-order chi connectivity index (χ1) is 8.66. The molecular weight excluding hydrogens is 224 g/mol. The fourth-order valence-electron chi connectivity index (χ4n) is 2.83. The van der Waals surface area contributed by atoms with Crippen LogP contribution in [0.15, 0.2) is 6.07 Å². The van der Waals surface area contributed by atoms with E-state index in [0.717, 1.165) is 31.4 Å². The van der Waals surface area contributed by atoms with E-state index < -0.39 is 0 Å². The van der Waals surface area contributed by atoms with E-state index in [1.54, 1.807) is 0 Å². The van der Waals surface area contributed by atoms with Crippen molar-refractivity contribution in [2.75, 3.05) is 20.1 Å². The number of nitrogens with zero attached hydrogens (tertiary/aromatic N) is 3. The molecule has 1 heterocycles. The van der Waals surface area contributed by atoms with Gasteiger partial charge < -0.3 is 10.2 Å². The molecule has 1 aliphatic rings. The lowest BCUT2D eigenvalue weighted by Gasteiger charge is -2.23. The van der Waals surface area contributed by atoms with Crippen LogP contribution in [0.1, 0.15) is 37.1 Å². The van der Waals surface area contributed by atoms with Gasteiger partial charge in [0.2, 0.25) is 0 Å². The van der Waals surface area contributed by atoms with Gasteiger partial charge in [-0.3, -0.25) is 4.68 Å². The topological polar surface area (TPSA) is 33.1 Å². The van der Waals surface area contributed by atoms with Gasteiger partial charge in [-0.2, -0.15) is 5.10 Å². The highest BCUT2D eigenvalue weighted by atomic mass is 15.3. The second-order valence-corrected chi connectivity index (χ2v) is 5.50. The molecule has 0 radical (unpaired) electrons. The lowest BCUT2D eigenvalue weighted by molar-refractivity contribution is 0.245. The Kier molecular flexibility index (Phi) is 4.78. The van der Waals surface area contributed by atoms with Gasteiger partial charge in [-0.15, -0.1) is 0 Å². The zero-order valence-corrected chi connectivity index (χ0v) is 11.9. The Morgan fingerprint density at radius 2 is 2.17 bits per heavy atom. The third kappa shape index (κ3) is 3.56. The number of aromatic nitrogens is 2. The third-order valence-electron chi connectivity index (χ3n) is 3.99. The molecule has 1 fully saturated rings. The number of nitrogens with one attached hydrogen (secondary N) is 1. The molecule has 102 valence electrons. The van der Waals surface area contributed by atoms with Gasteiger partial charge in [-0.1, -0.05) is 12.8 Å². The number of rotatable bonds is 6. The molecule has 0 saturated heterocycles. The molecule has 0 atom stereocenters. The zero-order valence-electron chi connectivity index (χ0n) is 11.9. The van der Waals surface area contributed by atoms with Crippen molar-refractivity contribution < 1.29 is 0 Å². The average Bonchev–Trinajstić information content (AvgIpc) is 2.94. The van der Waals surface area contributed by atoms with Crippen LogP contribution < -0.4 is 5.32 Å². The maximum atomic E-state index is 4.35. The highest BCUT2D eigenvalue weighted by Gasteiger charge is 2.18. The summed E-state index contributed by atoms with van der Waals surface area (Å²) >= 11 is 0. The van der Waals surface area contributed by atoms with Crippen LogP contribution in [0.25, 0.3) is 0 Å². The first kappa shape index (κ1) is 13.6. The highest BCUT2D eigenvalue weighted by Crippen LogP contribution is 2.21. The molecule has 4 nitrogen and oxygen atoms in total. The Hall–Kier alpha value is -0.870. The summed E-state index contributed by atoms with van der Waals surface area (Å²) in [5, 5.41) is 7.86. The Morgan fingerprint density at radius 3 is 2.78 bits per heavy atom. The lowest BCUT2D eigenvalue weighted by Crippen LogP contribution is -2.35. The molecule has 0 aromatic carbocycles. The predicted molar refractivity (Wildman–Crippen MR) is 74.5 cm³/mol. The van der Waals surface area contributed by atoms with E-state index in [1.807, 2.05) is 18.7 Å². The summed E-state index contributed by atoms with van der Waals surface area (Å²) in [6.07, 6.45) is 5.60. The molecule has 0 spiro atoms. The molecule has 2 rings (SSSR count). The standard InChI is InChI=1S/C14H26N4/c1-12-10-14(18(3)16-12)11-15-8-9-17(2)13-6-4-5-7-13/h10,13,15H,4-9,11H2,1-3H3. The van der Waals surface area contributed by atoms with E-state index in [2.05, 4.69) is 28.4 Å². The molecule has 1 N–H and O–H groups in total. The first-order valence-electron chi connectivity index (χ1n) is 7.07. The van der Waals surface area contributed by atoms with E-state index in [4.69, 9.17) is 0 Å². The van der Waals surface area contributed by atoms with Crippen molar-refractivity contribution in [3.8, 4) is 0 Å². The third-order valence-corrected chi connectivity index (χ3v) is 3.99. The van der Waals surface area contributed by atoms with Crippen molar-refractivity contribution >= 4 is 0 Å². The van der Waals surface area contributed by atoms with Crippen molar-refractivity contribution in [3.63, 3.8) is 0 Å². The first-order valence-corrected chi connectivity index (χ1v) is 7.07. The van der Waals surface area contributed by atoms with Crippen LogP contribution in [0, 0.1) is 6.92 Å². The fourth-order valence-corrected chi connectivity index (χ4v) is 2.83. The van der Waals surface area contributed by atoms with E-state index in [1.165, 1.54) is 31.4 Å². The summed E-state index contributed by atoms with van der Waals surface area (Å²) in [6.45, 7) is 5.14. The van der Waals surface area contributed by atoms with Gasteiger partial charge in [0, 0.05) is 32.7 Å². The van der Waals surface area contributed by atoms with Gasteiger partial charge in [0.25, 0.3) is 0 Å². The minimum Gasteiger partial charge on any atom is -0.310 e. The Bertz CT molecular complexity index is 366. The SMILES string of the molecule is Cc1cc(CNCCN(C)C2CCCC2)n(C)n1. The van der Waals surface area contributed by atoms with Crippen LogP contribution in [0.2, 0.25) is 0 Å². The number of hydrogen-bond acceptors (Lipinski definition) is 3. The Morgan fingerprint density at radius 1 is 1.44 bits per heavy atom. The molecule has 18 heavy (non-hydrogen) atoms. The molecule has 0 amide bonds. The molecule has 1 aliphatic carbocycles. The van der Waals surface area contributed by atoms with Gasteiger partial charge in [0.1, 0.15) is 0 Å². The molecular formula is C14H26N4. The second kappa shape index (κ2) is 6.34. The van der Waals surface area contributed by atoms with E-state index >= 15 is 0 Å². The summed E-state index contributed by atoms with van der Waals surface area (Å²) in [6, 6.07) is 2.97. The molecule has 1 saturated carbocycles. The van der Waals surface area contributed by atoms with Crippen molar-refractivity contribution in [2.45, 2.75) is 45.2 Å². The number of aryl methyl sites for hydroxylation is 2. The molecule has 0 unspecified atom stereocenters. The fraction of sp³-hybridized carbons (Fsp3) is 0.786. The van der Waals surface area contributed by atoms with Crippen LogP contribution in [-0.2, 0) is 13.6 Å². The maximum absolute atomic E-state index is 4.35. The number of hydrogen-bond donors (Lipinski definition) is 1. The van der Waals surface area contributed by atoms with Crippen LogP contribution >= 0.6 is 0 Å². The van der Waals surface area contributed by atoms with Gasteiger partial charge in [0.05, 0.1) is 11.4 Å². The lowest BCUT2D eigenvalue weighted by atomic mass is 10.2. The van der Waals surface area contributed by atoms with Crippen LogP contribution in [0.4, 0.5) is 0 Å². The van der Waals surface area contributed by atoms with Crippen molar-refractivity contribution in [3.05, 3.63) is 17.5 Å². The van der Waals surface area contributed by atoms with Gasteiger partial charge >= 0.3 is 0 Å². The zero-order chi connectivity index (χ0) is 13.0. The molecule has 0 bridgehead atoms. The summed E-state index contributed by atoms with van der Waals surface area (Å²) < 4.78 is 1.96. The van der Waals surface area contributed by atoms with Crippen LogP contribution in [0.5, 0.6) is 0 Å². The summed E-state index contributed by atoms with van der Waals surface area (Å²) in [7, 11) is 4.26.